The molecule has 126 valence electrons. The Morgan fingerprint density at radius 1 is 1.21 bits per heavy atom. The van der Waals surface area contributed by atoms with Crippen molar-refractivity contribution in [1.29, 1.82) is 0 Å². The SMILES string of the molecule is COc1cc(Oc2ccc([N+](=O)[O-])c(N(C)C(=O)O)c2)ccc1C. The summed E-state index contributed by atoms with van der Waals surface area (Å²) in [6.07, 6.45) is -1.31. The quantitative estimate of drug-likeness (QED) is 0.659. The number of hydrogen-bond donors (Lipinski definition) is 1. The van der Waals surface area contributed by atoms with Crippen LogP contribution in [0, 0.1) is 17.0 Å². The Bertz CT molecular complexity index is 790. The van der Waals surface area contributed by atoms with Crippen molar-refractivity contribution in [2.24, 2.45) is 0 Å². The van der Waals surface area contributed by atoms with E-state index in [2.05, 4.69) is 0 Å². The molecule has 0 unspecified atom stereocenters. The summed E-state index contributed by atoms with van der Waals surface area (Å²) in [7, 11) is 2.77. The van der Waals surface area contributed by atoms with Crippen LogP contribution >= 0.6 is 0 Å². The van der Waals surface area contributed by atoms with Gasteiger partial charge in [-0.15, -0.1) is 0 Å². The molecule has 0 aliphatic carbocycles. The highest BCUT2D eigenvalue weighted by atomic mass is 16.6. The van der Waals surface area contributed by atoms with Crippen molar-refractivity contribution >= 4 is 17.5 Å². The Labute approximate surface area is 138 Å². The van der Waals surface area contributed by atoms with E-state index >= 15 is 0 Å². The van der Waals surface area contributed by atoms with Gasteiger partial charge < -0.3 is 14.6 Å². The molecule has 2 rings (SSSR count). The molecule has 0 fully saturated rings. The minimum absolute atomic E-state index is 0.0796. The Kier molecular flexibility index (Phi) is 4.88. The molecule has 0 aromatic heterocycles. The van der Waals surface area contributed by atoms with E-state index in [9.17, 15) is 14.9 Å². The Hall–Kier alpha value is -3.29. The molecule has 1 amide bonds. The average molecular weight is 332 g/mol. The molecule has 0 bridgehead atoms. The summed E-state index contributed by atoms with van der Waals surface area (Å²) in [5.41, 5.74) is 0.526. The minimum Gasteiger partial charge on any atom is -0.496 e. The first kappa shape index (κ1) is 17.1. The molecule has 0 heterocycles. The van der Waals surface area contributed by atoms with Gasteiger partial charge in [-0.05, 0) is 24.6 Å². The van der Waals surface area contributed by atoms with E-state index in [0.29, 0.717) is 11.5 Å². The number of amides is 1. The van der Waals surface area contributed by atoms with E-state index in [0.717, 1.165) is 10.5 Å². The fourth-order valence-corrected chi connectivity index (χ4v) is 2.09. The molecule has 0 spiro atoms. The number of nitrogens with zero attached hydrogens (tertiary/aromatic N) is 2. The molecule has 0 radical (unpaired) electrons. The largest absolute Gasteiger partial charge is 0.496 e. The maximum absolute atomic E-state index is 11.1. The number of hydrogen-bond acceptors (Lipinski definition) is 5. The maximum Gasteiger partial charge on any atom is 0.411 e. The molecule has 24 heavy (non-hydrogen) atoms. The van der Waals surface area contributed by atoms with Gasteiger partial charge in [-0.1, -0.05) is 6.07 Å². The van der Waals surface area contributed by atoms with Crippen molar-refractivity contribution in [2.75, 3.05) is 19.1 Å². The smallest absolute Gasteiger partial charge is 0.411 e. The number of nitro benzene ring substituents is 1. The van der Waals surface area contributed by atoms with Gasteiger partial charge in [0.15, 0.2) is 0 Å². The lowest BCUT2D eigenvalue weighted by atomic mass is 10.2. The lowest BCUT2D eigenvalue weighted by Crippen LogP contribution is -2.24. The van der Waals surface area contributed by atoms with Crippen LogP contribution in [0.1, 0.15) is 5.56 Å². The molecule has 8 nitrogen and oxygen atoms in total. The van der Waals surface area contributed by atoms with Gasteiger partial charge in [0.2, 0.25) is 0 Å². The second kappa shape index (κ2) is 6.86. The molecule has 0 saturated carbocycles. The third-order valence-corrected chi connectivity index (χ3v) is 3.41. The number of carboxylic acid groups (broad SMARTS) is 1. The molecule has 0 atom stereocenters. The monoisotopic (exact) mass is 332 g/mol. The highest BCUT2D eigenvalue weighted by molar-refractivity contribution is 5.89. The molecule has 1 N–H and O–H groups in total. The zero-order chi connectivity index (χ0) is 17.9. The van der Waals surface area contributed by atoms with Crippen LogP contribution in [0.4, 0.5) is 16.2 Å². The molecule has 8 heteroatoms. The number of anilines is 1. The van der Waals surface area contributed by atoms with Gasteiger partial charge in [-0.2, -0.15) is 0 Å². The molecule has 2 aromatic carbocycles. The number of methoxy groups -OCH3 is 1. The van der Waals surface area contributed by atoms with Crippen molar-refractivity contribution in [3.05, 3.63) is 52.1 Å². The fraction of sp³-hybridized carbons (Fsp3) is 0.188. The van der Waals surface area contributed by atoms with Crippen molar-refractivity contribution in [1.82, 2.24) is 0 Å². The van der Waals surface area contributed by atoms with E-state index in [1.165, 1.54) is 32.4 Å². The number of aryl methyl sites for hydroxylation is 1. The van der Waals surface area contributed by atoms with Gasteiger partial charge in [0, 0.05) is 25.2 Å². The Morgan fingerprint density at radius 3 is 2.42 bits per heavy atom. The van der Waals surface area contributed by atoms with Gasteiger partial charge in [-0.25, -0.2) is 4.79 Å². The average Bonchev–Trinajstić information content (AvgIpc) is 2.55. The summed E-state index contributed by atoms with van der Waals surface area (Å²) >= 11 is 0. The summed E-state index contributed by atoms with van der Waals surface area (Å²) < 4.78 is 10.9. The molecular formula is C16H16N2O6. The summed E-state index contributed by atoms with van der Waals surface area (Å²) in [6, 6.07) is 9.12. The molecule has 0 aliphatic rings. The molecular weight excluding hydrogens is 316 g/mol. The fourth-order valence-electron chi connectivity index (χ4n) is 2.09. The lowest BCUT2D eigenvalue weighted by molar-refractivity contribution is -0.384. The van der Waals surface area contributed by atoms with Crippen LogP contribution in [0.3, 0.4) is 0 Å². The van der Waals surface area contributed by atoms with Crippen molar-refractivity contribution < 1.29 is 24.3 Å². The Morgan fingerprint density at radius 2 is 1.83 bits per heavy atom. The summed E-state index contributed by atoms with van der Waals surface area (Å²) in [6.45, 7) is 1.88. The van der Waals surface area contributed by atoms with Gasteiger partial charge in [-0.3, -0.25) is 15.0 Å². The van der Waals surface area contributed by atoms with Gasteiger partial charge in [0.25, 0.3) is 5.69 Å². The molecule has 0 aliphatic heterocycles. The second-order valence-electron chi connectivity index (χ2n) is 4.98. The number of ether oxygens (including phenoxy) is 2. The topological polar surface area (TPSA) is 102 Å². The van der Waals surface area contributed by atoms with Gasteiger partial charge in [0.1, 0.15) is 22.9 Å². The van der Waals surface area contributed by atoms with Crippen molar-refractivity contribution in [2.45, 2.75) is 6.92 Å². The van der Waals surface area contributed by atoms with E-state index < -0.39 is 11.0 Å². The maximum atomic E-state index is 11.1. The van der Waals surface area contributed by atoms with E-state index in [-0.39, 0.29) is 17.1 Å². The number of rotatable bonds is 5. The zero-order valence-corrected chi connectivity index (χ0v) is 13.3. The highest BCUT2D eigenvalue weighted by Gasteiger charge is 2.22. The van der Waals surface area contributed by atoms with Gasteiger partial charge in [0.05, 0.1) is 12.0 Å². The lowest BCUT2D eigenvalue weighted by Gasteiger charge is -2.15. The molecule has 2 aromatic rings. The third-order valence-electron chi connectivity index (χ3n) is 3.41. The van der Waals surface area contributed by atoms with Crippen LogP contribution in [-0.4, -0.2) is 30.3 Å². The molecule has 0 saturated heterocycles. The predicted octanol–water partition coefficient (Wildman–Crippen LogP) is 3.82. The number of benzene rings is 2. The summed E-state index contributed by atoms with van der Waals surface area (Å²) in [4.78, 5) is 22.3. The van der Waals surface area contributed by atoms with E-state index in [4.69, 9.17) is 14.6 Å². The van der Waals surface area contributed by atoms with E-state index in [1.807, 2.05) is 13.0 Å². The van der Waals surface area contributed by atoms with Crippen LogP contribution in [0.15, 0.2) is 36.4 Å². The zero-order valence-electron chi connectivity index (χ0n) is 13.3. The van der Waals surface area contributed by atoms with Crippen molar-refractivity contribution in [3.8, 4) is 17.2 Å². The van der Waals surface area contributed by atoms with Crippen LogP contribution in [0.5, 0.6) is 17.2 Å². The van der Waals surface area contributed by atoms with E-state index in [1.54, 1.807) is 12.1 Å². The summed E-state index contributed by atoms with van der Waals surface area (Å²) in [5, 5.41) is 20.1. The second-order valence-corrected chi connectivity index (χ2v) is 4.98. The highest BCUT2D eigenvalue weighted by Crippen LogP contribution is 2.34. The van der Waals surface area contributed by atoms with Crippen LogP contribution < -0.4 is 14.4 Å². The third kappa shape index (κ3) is 3.54. The Balaban J connectivity index is 2.39. The predicted molar refractivity (Wildman–Crippen MR) is 87.3 cm³/mol. The first-order valence-electron chi connectivity index (χ1n) is 6.91. The first-order chi connectivity index (χ1) is 11.3. The van der Waals surface area contributed by atoms with Crippen LogP contribution in [0.2, 0.25) is 0 Å². The number of nitro groups is 1. The van der Waals surface area contributed by atoms with Crippen LogP contribution in [0.25, 0.3) is 0 Å². The standard InChI is InChI=1S/C16H16N2O6/c1-10-4-5-12(9-15(10)23-3)24-11-6-7-13(18(21)22)14(8-11)17(2)16(19)20/h4-9H,1-3H3,(H,19,20). The minimum atomic E-state index is -1.31. The summed E-state index contributed by atoms with van der Waals surface area (Å²) in [5.74, 6) is 1.38. The normalized spacial score (nSPS) is 10.1. The van der Waals surface area contributed by atoms with Gasteiger partial charge >= 0.3 is 6.09 Å². The number of carbonyl (C=O) groups is 1. The van der Waals surface area contributed by atoms with Crippen molar-refractivity contribution in [3.63, 3.8) is 0 Å². The first-order valence-corrected chi connectivity index (χ1v) is 6.91. The van der Waals surface area contributed by atoms with Crippen LogP contribution in [-0.2, 0) is 0 Å².